The summed E-state index contributed by atoms with van der Waals surface area (Å²) in [4.78, 5) is 13.8. The van der Waals surface area contributed by atoms with E-state index >= 15 is 0 Å². The summed E-state index contributed by atoms with van der Waals surface area (Å²) in [6, 6.07) is 1.77. The maximum atomic E-state index is 9.90. The zero-order valence-corrected chi connectivity index (χ0v) is 5.95. The van der Waals surface area contributed by atoms with Crippen LogP contribution in [-0.2, 0) is 11.3 Å². The molecule has 1 rings (SSSR count). The minimum absolute atomic E-state index is 0.474. The molecule has 1 aromatic heterocycles. The predicted molar refractivity (Wildman–Crippen MR) is 41.6 cm³/mol. The highest BCUT2D eigenvalue weighted by atomic mass is 16.1. The second-order valence-corrected chi connectivity index (χ2v) is 2.13. The molecule has 0 saturated carbocycles. The smallest absolute Gasteiger partial charge is 0.207 e. The molecule has 0 aliphatic heterocycles. The molecule has 0 aliphatic carbocycles. The lowest BCUT2D eigenvalue weighted by atomic mass is 10.3. The van der Waals surface area contributed by atoms with Crippen molar-refractivity contribution in [1.82, 2.24) is 10.3 Å². The number of nitrogens with two attached hydrogens (primary N) is 1. The van der Waals surface area contributed by atoms with Gasteiger partial charge in [-0.2, -0.15) is 0 Å². The van der Waals surface area contributed by atoms with Crippen LogP contribution >= 0.6 is 0 Å². The number of carbonyl (C=O) groups excluding carboxylic acids is 1. The summed E-state index contributed by atoms with van der Waals surface area (Å²) < 4.78 is 0. The summed E-state index contributed by atoms with van der Waals surface area (Å²) in [5, 5.41) is 2.52. The van der Waals surface area contributed by atoms with Crippen molar-refractivity contribution < 1.29 is 4.79 Å². The van der Waals surface area contributed by atoms with Crippen molar-refractivity contribution in [2.75, 3.05) is 5.73 Å². The number of hydrogen-bond donors (Lipinski definition) is 2. The molecule has 4 nitrogen and oxygen atoms in total. The Morgan fingerprint density at radius 1 is 1.64 bits per heavy atom. The third-order valence-electron chi connectivity index (χ3n) is 1.21. The summed E-state index contributed by atoms with van der Waals surface area (Å²) in [6.07, 6.45) is 3.86. The number of nitrogens with one attached hydrogen (secondary N) is 1. The van der Waals surface area contributed by atoms with Gasteiger partial charge in [-0.15, -0.1) is 0 Å². The predicted octanol–water partition coefficient (Wildman–Crippen LogP) is -0.0902. The van der Waals surface area contributed by atoms with Gasteiger partial charge in [-0.3, -0.25) is 9.78 Å². The number of hydrogen-bond acceptors (Lipinski definition) is 3. The normalized spacial score (nSPS) is 9.09. The van der Waals surface area contributed by atoms with Crippen molar-refractivity contribution in [3.05, 3.63) is 24.0 Å². The summed E-state index contributed by atoms with van der Waals surface area (Å²) in [6.45, 7) is 0.474. The van der Waals surface area contributed by atoms with Crippen molar-refractivity contribution >= 4 is 12.1 Å². The first-order valence-corrected chi connectivity index (χ1v) is 3.19. The fourth-order valence-electron chi connectivity index (χ4n) is 0.764. The van der Waals surface area contributed by atoms with Gasteiger partial charge in [0.15, 0.2) is 0 Å². The molecule has 1 heterocycles. The Labute approximate surface area is 64.4 Å². The Bertz CT molecular complexity index is 249. The van der Waals surface area contributed by atoms with E-state index in [1.54, 1.807) is 18.5 Å². The van der Waals surface area contributed by atoms with Gasteiger partial charge in [-0.05, 0) is 11.6 Å². The van der Waals surface area contributed by atoms with Crippen molar-refractivity contribution in [2.45, 2.75) is 6.54 Å². The van der Waals surface area contributed by atoms with Crippen molar-refractivity contribution in [3.8, 4) is 0 Å². The summed E-state index contributed by atoms with van der Waals surface area (Å²) >= 11 is 0. The first kappa shape index (κ1) is 7.53. The Kier molecular flexibility index (Phi) is 2.43. The van der Waals surface area contributed by atoms with E-state index in [2.05, 4.69) is 10.3 Å². The molecular weight excluding hydrogens is 142 g/mol. The van der Waals surface area contributed by atoms with Crippen LogP contribution in [0.1, 0.15) is 5.56 Å². The summed E-state index contributed by atoms with van der Waals surface area (Å²) in [5.74, 6) is 0. The van der Waals surface area contributed by atoms with E-state index in [1.165, 1.54) is 0 Å². The first-order chi connectivity index (χ1) is 5.33. The lowest BCUT2D eigenvalue weighted by molar-refractivity contribution is -0.109. The third kappa shape index (κ3) is 2.25. The largest absolute Gasteiger partial charge is 0.397 e. The maximum absolute atomic E-state index is 9.90. The van der Waals surface area contributed by atoms with E-state index in [4.69, 9.17) is 5.73 Å². The number of nitrogen functional groups attached to an aromatic ring is 1. The van der Waals surface area contributed by atoms with E-state index in [0.29, 0.717) is 18.6 Å². The van der Waals surface area contributed by atoms with Crippen LogP contribution in [0.2, 0.25) is 0 Å². The number of amides is 1. The molecule has 0 bridgehead atoms. The fraction of sp³-hybridized carbons (Fsp3) is 0.143. The highest BCUT2D eigenvalue weighted by Gasteiger charge is 1.91. The zero-order chi connectivity index (χ0) is 8.10. The molecule has 4 heteroatoms. The number of nitrogens with zero attached hydrogens (tertiary/aromatic N) is 1. The number of anilines is 1. The number of aromatic nitrogens is 1. The number of carbonyl (C=O) groups is 1. The fourth-order valence-corrected chi connectivity index (χ4v) is 0.764. The summed E-state index contributed by atoms with van der Waals surface area (Å²) in [7, 11) is 0. The van der Waals surface area contributed by atoms with Gasteiger partial charge >= 0.3 is 0 Å². The minimum Gasteiger partial charge on any atom is -0.397 e. The Hall–Kier alpha value is -1.58. The van der Waals surface area contributed by atoms with E-state index in [-0.39, 0.29) is 0 Å². The first-order valence-electron chi connectivity index (χ1n) is 3.19. The van der Waals surface area contributed by atoms with Crippen LogP contribution < -0.4 is 11.1 Å². The van der Waals surface area contributed by atoms with Crippen molar-refractivity contribution in [1.29, 1.82) is 0 Å². The molecule has 0 fully saturated rings. The molecule has 3 N–H and O–H groups in total. The van der Waals surface area contributed by atoms with Gasteiger partial charge in [-0.25, -0.2) is 0 Å². The Morgan fingerprint density at radius 3 is 3.09 bits per heavy atom. The van der Waals surface area contributed by atoms with Crippen LogP contribution in [0.3, 0.4) is 0 Å². The SMILES string of the molecule is Nc1cncc(CNC=O)c1. The van der Waals surface area contributed by atoms with Crippen LogP contribution in [0.15, 0.2) is 18.5 Å². The van der Waals surface area contributed by atoms with Gasteiger partial charge in [0.25, 0.3) is 0 Å². The second-order valence-electron chi connectivity index (χ2n) is 2.13. The van der Waals surface area contributed by atoms with Crippen molar-refractivity contribution in [3.63, 3.8) is 0 Å². The van der Waals surface area contributed by atoms with Crippen LogP contribution in [-0.4, -0.2) is 11.4 Å². The number of pyridine rings is 1. The molecule has 0 saturated heterocycles. The topological polar surface area (TPSA) is 68.0 Å². The van der Waals surface area contributed by atoms with E-state index < -0.39 is 0 Å². The Morgan fingerprint density at radius 2 is 2.45 bits per heavy atom. The van der Waals surface area contributed by atoms with Crippen LogP contribution in [0, 0.1) is 0 Å². The average molecular weight is 151 g/mol. The molecule has 1 amide bonds. The minimum atomic E-state index is 0.474. The molecule has 0 atom stereocenters. The summed E-state index contributed by atoms with van der Waals surface area (Å²) in [5.41, 5.74) is 6.96. The van der Waals surface area contributed by atoms with Gasteiger partial charge in [0.05, 0.1) is 5.69 Å². The third-order valence-corrected chi connectivity index (χ3v) is 1.21. The molecule has 11 heavy (non-hydrogen) atoms. The standard InChI is InChI=1S/C7H9N3O/c8-7-1-6(2-9-4-7)3-10-5-11/h1-2,4-5H,3,8H2,(H,10,11). The molecule has 1 aromatic rings. The van der Waals surface area contributed by atoms with Gasteiger partial charge in [0, 0.05) is 18.9 Å². The highest BCUT2D eigenvalue weighted by molar-refractivity contribution is 5.46. The quantitative estimate of drug-likeness (QED) is 0.593. The monoisotopic (exact) mass is 151 g/mol. The maximum Gasteiger partial charge on any atom is 0.207 e. The molecule has 0 aliphatic rings. The lowest BCUT2D eigenvalue weighted by Gasteiger charge is -1.98. The molecule has 0 aromatic carbocycles. The van der Waals surface area contributed by atoms with E-state index in [1.807, 2.05) is 0 Å². The molecule has 0 spiro atoms. The number of rotatable bonds is 3. The zero-order valence-electron chi connectivity index (χ0n) is 5.95. The van der Waals surface area contributed by atoms with Crippen molar-refractivity contribution in [2.24, 2.45) is 0 Å². The second kappa shape index (κ2) is 3.55. The Balaban J connectivity index is 2.63. The average Bonchev–Trinajstić information content (AvgIpc) is 2.01. The van der Waals surface area contributed by atoms with Crippen LogP contribution in [0.4, 0.5) is 5.69 Å². The lowest BCUT2D eigenvalue weighted by Crippen LogP contribution is -2.10. The van der Waals surface area contributed by atoms with Gasteiger partial charge < -0.3 is 11.1 Å². The van der Waals surface area contributed by atoms with E-state index in [0.717, 1.165) is 5.56 Å². The van der Waals surface area contributed by atoms with Gasteiger partial charge in [0.2, 0.25) is 6.41 Å². The van der Waals surface area contributed by atoms with Crippen LogP contribution in [0.5, 0.6) is 0 Å². The molecular formula is C7H9N3O. The van der Waals surface area contributed by atoms with Gasteiger partial charge in [0.1, 0.15) is 0 Å². The van der Waals surface area contributed by atoms with Crippen LogP contribution in [0.25, 0.3) is 0 Å². The van der Waals surface area contributed by atoms with Gasteiger partial charge in [-0.1, -0.05) is 0 Å². The van der Waals surface area contributed by atoms with E-state index in [9.17, 15) is 4.79 Å². The molecule has 58 valence electrons. The molecule has 0 unspecified atom stereocenters. The molecule has 0 radical (unpaired) electrons. The highest BCUT2D eigenvalue weighted by Crippen LogP contribution is 2.02.